The topological polar surface area (TPSA) is 16.4 Å². The van der Waals surface area contributed by atoms with Gasteiger partial charge in [0.05, 0.1) is 0 Å². The van der Waals surface area contributed by atoms with Crippen LogP contribution in [0.25, 0.3) is 55.0 Å². The van der Waals surface area contributed by atoms with Gasteiger partial charge in [-0.1, -0.05) is 113 Å². The van der Waals surface area contributed by atoms with Crippen LogP contribution in [-0.2, 0) is 10.8 Å². The first-order valence-electron chi connectivity index (χ1n) is 16.9. The van der Waals surface area contributed by atoms with Crippen LogP contribution in [0.3, 0.4) is 0 Å². The van der Waals surface area contributed by atoms with Crippen molar-refractivity contribution in [2.45, 2.75) is 38.5 Å². The van der Waals surface area contributed by atoms with Crippen molar-refractivity contribution >= 4 is 49.8 Å². The Morgan fingerprint density at radius 2 is 0.854 bits per heavy atom. The van der Waals surface area contributed by atoms with Gasteiger partial charge in [0.25, 0.3) is 0 Å². The number of furan rings is 1. The third-order valence-electron chi connectivity index (χ3n) is 11.2. The monoisotopic (exact) mass is 617 g/mol. The fourth-order valence-electron chi connectivity index (χ4n) is 8.73. The maximum Gasteiger partial charge on any atom is 0.137 e. The molecular weight excluding hydrogens is 583 g/mol. The Morgan fingerprint density at radius 1 is 0.396 bits per heavy atom. The van der Waals surface area contributed by atoms with Gasteiger partial charge in [0.1, 0.15) is 11.2 Å². The van der Waals surface area contributed by atoms with Gasteiger partial charge in [-0.05, 0) is 104 Å². The van der Waals surface area contributed by atoms with Crippen LogP contribution in [0, 0.1) is 0 Å². The van der Waals surface area contributed by atoms with E-state index in [2.05, 4.69) is 172 Å². The quantitative estimate of drug-likeness (QED) is 0.196. The summed E-state index contributed by atoms with van der Waals surface area (Å²) in [6.07, 6.45) is 0. The fraction of sp³-hybridized carbons (Fsp3) is 0.130. The van der Waals surface area contributed by atoms with Crippen LogP contribution >= 0.6 is 0 Å². The van der Waals surface area contributed by atoms with E-state index in [1.54, 1.807) is 0 Å². The van der Waals surface area contributed by atoms with Crippen molar-refractivity contribution in [3.63, 3.8) is 0 Å². The number of hydrogen-bond acceptors (Lipinski definition) is 2. The predicted octanol–water partition coefficient (Wildman–Crippen LogP) is 12.8. The number of rotatable bonds is 3. The zero-order chi connectivity index (χ0) is 32.4. The molecule has 2 aliphatic rings. The van der Waals surface area contributed by atoms with E-state index >= 15 is 0 Å². The SMILES string of the molecule is CC1(C)c2ccccc2-c2cc(N(c3ccc4c(c3)-c3ccccc3C4(C)C)c3ccc4c(c3)oc3cc5ccccc5cc34)ccc21. The molecule has 2 aliphatic carbocycles. The molecule has 0 bridgehead atoms. The van der Waals surface area contributed by atoms with Gasteiger partial charge in [-0.3, -0.25) is 0 Å². The molecule has 0 saturated carbocycles. The normalized spacial score (nSPS) is 15.0. The van der Waals surface area contributed by atoms with Crippen LogP contribution in [0.1, 0.15) is 49.9 Å². The molecule has 0 unspecified atom stereocenters. The van der Waals surface area contributed by atoms with Crippen LogP contribution in [-0.4, -0.2) is 0 Å². The standard InChI is InChI=1S/C46H35NO/c1-45(2)39-15-9-7-13-33(39)36-25-30(18-21-41(36)45)47(31-19-22-42-37(26-31)34-14-8-10-16-40(34)46(42,3)4)32-17-20-35-38-23-28-11-5-6-12-29(28)24-43(38)48-44(35)27-32/h5-27H,1-4H3. The number of anilines is 3. The van der Waals surface area contributed by atoms with Crippen molar-refractivity contribution in [3.8, 4) is 22.3 Å². The highest BCUT2D eigenvalue weighted by atomic mass is 16.3. The smallest absolute Gasteiger partial charge is 0.137 e. The molecule has 2 nitrogen and oxygen atoms in total. The summed E-state index contributed by atoms with van der Waals surface area (Å²) in [6.45, 7) is 9.36. The molecule has 1 aromatic heterocycles. The number of nitrogens with zero attached hydrogens (tertiary/aromatic N) is 1. The molecule has 0 amide bonds. The van der Waals surface area contributed by atoms with Gasteiger partial charge in [0, 0.05) is 44.7 Å². The van der Waals surface area contributed by atoms with Crippen LogP contribution in [0.4, 0.5) is 17.1 Å². The first kappa shape index (κ1) is 27.5. The van der Waals surface area contributed by atoms with Crippen LogP contribution in [0.2, 0.25) is 0 Å². The van der Waals surface area contributed by atoms with Crippen LogP contribution in [0.5, 0.6) is 0 Å². The zero-order valence-electron chi connectivity index (χ0n) is 27.6. The van der Waals surface area contributed by atoms with E-state index in [1.807, 2.05) is 0 Å². The summed E-state index contributed by atoms with van der Waals surface area (Å²) in [6, 6.07) is 51.4. The summed E-state index contributed by atoms with van der Waals surface area (Å²) in [7, 11) is 0. The van der Waals surface area contributed by atoms with Crippen molar-refractivity contribution in [1.82, 2.24) is 0 Å². The molecule has 0 aliphatic heterocycles. The van der Waals surface area contributed by atoms with Crippen molar-refractivity contribution in [1.29, 1.82) is 0 Å². The molecule has 2 heteroatoms. The third kappa shape index (κ3) is 3.69. The molecule has 0 radical (unpaired) electrons. The van der Waals surface area contributed by atoms with Crippen LogP contribution in [0.15, 0.2) is 144 Å². The highest BCUT2D eigenvalue weighted by molar-refractivity contribution is 6.11. The van der Waals surface area contributed by atoms with Crippen LogP contribution < -0.4 is 4.90 Å². The Kier molecular flexibility index (Phi) is 5.44. The highest BCUT2D eigenvalue weighted by Gasteiger charge is 2.37. The van der Waals surface area contributed by atoms with Gasteiger partial charge in [0.2, 0.25) is 0 Å². The highest BCUT2D eigenvalue weighted by Crippen LogP contribution is 2.53. The minimum absolute atomic E-state index is 0.0467. The van der Waals surface area contributed by atoms with Crippen molar-refractivity contribution in [3.05, 3.63) is 162 Å². The molecule has 10 rings (SSSR count). The molecular formula is C46H35NO. The molecule has 0 saturated heterocycles. The van der Waals surface area contributed by atoms with E-state index in [1.165, 1.54) is 55.3 Å². The molecule has 1 heterocycles. The van der Waals surface area contributed by atoms with Crippen molar-refractivity contribution in [2.75, 3.05) is 4.90 Å². The molecule has 0 atom stereocenters. The van der Waals surface area contributed by atoms with E-state index < -0.39 is 0 Å². The Bertz CT molecular complexity index is 2530. The lowest BCUT2D eigenvalue weighted by molar-refractivity contribution is 0.660. The zero-order valence-corrected chi connectivity index (χ0v) is 27.6. The number of fused-ring (bicyclic) bond motifs is 10. The molecule has 0 fully saturated rings. The number of benzene rings is 7. The second-order valence-corrected chi connectivity index (χ2v) is 14.6. The average molecular weight is 618 g/mol. The summed E-state index contributed by atoms with van der Waals surface area (Å²) in [4.78, 5) is 2.41. The second-order valence-electron chi connectivity index (χ2n) is 14.6. The van der Waals surface area contributed by atoms with E-state index in [-0.39, 0.29) is 10.8 Å². The van der Waals surface area contributed by atoms with E-state index in [9.17, 15) is 0 Å². The summed E-state index contributed by atoms with van der Waals surface area (Å²) < 4.78 is 6.59. The van der Waals surface area contributed by atoms with Crippen molar-refractivity contribution < 1.29 is 4.42 Å². The molecule has 48 heavy (non-hydrogen) atoms. The summed E-state index contributed by atoms with van der Waals surface area (Å²) >= 11 is 0. The predicted molar refractivity (Wildman–Crippen MR) is 201 cm³/mol. The maximum absolute atomic E-state index is 6.59. The molecule has 8 aromatic rings. The van der Waals surface area contributed by atoms with E-state index in [0.29, 0.717) is 0 Å². The molecule has 230 valence electrons. The molecule has 0 N–H and O–H groups in total. The first-order valence-corrected chi connectivity index (χ1v) is 16.9. The Balaban J connectivity index is 1.20. The van der Waals surface area contributed by atoms with Crippen molar-refractivity contribution in [2.24, 2.45) is 0 Å². The minimum Gasteiger partial charge on any atom is -0.456 e. The lowest BCUT2D eigenvalue weighted by atomic mass is 9.82. The number of hydrogen-bond donors (Lipinski definition) is 0. The van der Waals surface area contributed by atoms with Gasteiger partial charge in [-0.25, -0.2) is 0 Å². The van der Waals surface area contributed by atoms with Gasteiger partial charge in [0.15, 0.2) is 0 Å². The minimum atomic E-state index is -0.0467. The van der Waals surface area contributed by atoms with Gasteiger partial charge in [-0.15, -0.1) is 0 Å². The van der Waals surface area contributed by atoms with Gasteiger partial charge >= 0.3 is 0 Å². The lowest BCUT2D eigenvalue weighted by Gasteiger charge is -2.28. The average Bonchev–Trinajstić information content (AvgIpc) is 3.66. The molecule has 7 aromatic carbocycles. The second kappa shape index (κ2) is 9.49. The van der Waals surface area contributed by atoms with E-state index in [0.717, 1.165) is 39.0 Å². The lowest BCUT2D eigenvalue weighted by Crippen LogP contribution is -2.16. The Morgan fingerprint density at radius 3 is 1.46 bits per heavy atom. The summed E-state index contributed by atoms with van der Waals surface area (Å²) in [5.74, 6) is 0. The van der Waals surface area contributed by atoms with E-state index in [4.69, 9.17) is 4.42 Å². The van der Waals surface area contributed by atoms with Gasteiger partial charge < -0.3 is 9.32 Å². The first-order chi connectivity index (χ1) is 23.3. The largest absolute Gasteiger partial charge is 0.456 e. The fourth-order valence-corrected chi connectivity index (χ4v) is 8.73. The third-order valence-corrected chi connectivity index (χ3v) is 11.2. The summed E-state index contributed by atoms with van der Waals surface area (Å²) in [5, 5.41) is 4.69. The Labute approximate surface area is 280 Å². The Hall–Kier alpha value is -5.60. The van der Waals surface area contributed by atoms with Gasteiger partial charge in [-0.2, -0.15) is 0 Å². The maximum atomic E-state index is 6.59. The molecule has 0 spiro atoms. The summed E-state index contributed by atoms with van der Waals surface area (Å²) in [5.41, 5.74) is 15.8.